The molecule has 6 nitrogen and oxygen atoms in total. The van der Waals surface area contributed by atoms with E-state index in [1.54, 1.807) is 0 Å². The predicted octanol–water partition coefficient (Wildman–Crippen LogP) is 4.97. The smallest absolute Gasteiger partial charge is 0.264 e. The van der Waals surface area contributed by atoms with Crippen LogP contribution in [0.1, 0.15) is 53.0 Å². The Labute approximate surface area is 203 Å². The van der Waals surface area contributed by atoms with E-state index in [9.17, 15) is 9.59 Å². The first kappa shape index (κ1) is 22.4. The summed E-state index contributed by atoms with van der Waals surface area (Å²) in [5.74, 6) is 0.420. The van der Waals surface area contributed by atoms with Gasteiger partial charge in [0.25, 0.3) is 5.91 Å². The SMILES string of the molecule is Cc1nn(Cc2ccc(Cl)cc2)c2sc(C(=O)N3CCC(C(=O)N4CCCCC4)CC3)cc12. The molecule has 2 aliphatic rings. The van der Waals surface area contributed by atoms with Crippen molar-refractivity contribution in [3.8, 4) is 0 Å². The molecule has 0 unspecified atom stereocenters. The maximum absolute atomic E-state index is 13.3. The highest BCUT2D eigenvalue weighted by molar-refractivity contribution is 7.20. The zero-order valence-corrected chi connectivity index (χ0v) is 20.5. The van der Waals surface area contributed by atoms with Crippen molar-refractivity contribution in [2.45, 2.75) is 45.6 Å². The number of hydrogen-bond donors (Lipinski definition) is 0. The van der Waals surface area contributed by atoms with E-state index in [4.69, 9.17) is 11.6 Å². The lowest BCUT2D eigenvalue weighted by molar-refractivity contribution is -0.137. The van der Waals surface area contributed by atoms with Crippen LogP contribution >= 0.6 is 22.9 Å². The van der Waals surface area contributed by atoms with Gasteiger partial charge in [-0.1, -0.05) is 23.7 Å². The number of aryl methyl sites for hydroxylation is 1. The maximum atomic E-state index is 13.3. The lowest BCUT2D eigenvalue weighted by Crippen LogP contribution is -2.45. The Bertz CT molecular complexity index is 1160. The average Bonchev–Trinajstić information content (AvgIpc) is 3.41. The molecule has 0 spiro atoms. The molecule has 1 aromatic carbocycles. The van der Waals surface area contributed by atoms with Gasteiger partial charge in [0.05, 0.1) is 17.1 Å². The second-order valence-corrected chi connectivity index (χ2v) is 10.6. The molecule has 8 heteroatoms. The van der Waals surface area contributed by atoms with E-state index < -0.39 is 0 Å². The number of hydrogen-bond acceptors (Lipinski definition) is 4. The van der Waals surface area contributed by atoms with Gasteiger partial charge in [-0.05, 0) is 62.8 Å². The van der Waals surface area contributed by atoms with Gasteiger partial charge >= 0.3 is 0 Å². The third kappa shape index (κ3) is 4.66. The molecule has 2 amide bonds. The molecule has 2 saturated heterocycles. The van der Waals surface area contributed by atoms with Crippen LogP contribution in [-0.4, -0.2) is 57.6 Å². The van der Waals surface area contributed by atoms with Crippen molar-refractivity contribution >= 4 is 45.0 Å². The lowest BCUT2D eigenvalue weighted by atomic mass is 9.94. The number of thiophene rings is 1. The summed E-state index contributed by atoms with van der Waals surface area (Å²) in [6.45, 7) is 5.71. The van der Waals surface area contributed by atoms with Gasteiger partial charge in [-0.3, -0.25) is 14.3 Å². The molecule has 2 aromatic heterocycles. The fourth-order valence-electron chi connectivity index (χ4n) is 4.95. The van der Waals surface area contributed by atoms with Gasteiger partial charge < -0.3 is 9.80 Å². The molecule has 3 aromatic rings. The number of amides is 2. The third-order valence-electron chi connectivity index (χ3n) is 6.86. The van der Waals surface area contributed by atoms with Gasteiger partial charge in [0.1, 0.15) is 4.83 Å². The van der Waals surface area contributed by atoms with Gasteiger partial charge in [0, 0.05) is 42.5 Å². The molecule has 0 saturated carbocycles. The topological polar surface area (TPSA) is 58.4 Å². The molecule has 0 atom stereocenters. The Balaban J connectivity index is 1.26. The summed E-state index contributed by atoms with van der Waals surface area (Å²) in [5, 5.41) is 6.43. The highest BCUT2D eigenvalue weighted by Crippen LogP contribution is 2.31. The number of fused-ring (bicyclic) bond motifs is 1. The standard InChI is InChI=1S/C25H29ClN4O2S/c1-17-21-15-22(33-25(21)30(27-17)16-18-5-7-20(26)8-6-18)24(32)29-13-9-19(10-14-29)23(31)28-11-3-2-4-12-28/h5-8,15,19H,2-4,9-14,16H2,1H3. The van der Waals surface area contributed by atoms with Gasteiger partial charge in [-0.2, -0.15) is 5.10 Å². The van der Waals surface area contributed by atoms with Crippen molar-refractivity contribution in [3.05, 3.63) is 51.5 Å². The minimum atomic E-state index is 0.0599. The molecule has 4 heterocycles. The first-order chi connectivity index (χ1) is 16.0. The zero-order valence-electron chi connectivity index (χ0n) is 18.9. The molecular weight excluding hydrogens is 456 g/mol. The minimum absolute atomic E-state index is 0.0599. The Morgan fingerprint density at radius 1 is 1.03 bits per heavy atom. The van der Waals surface area contributed by atoms with Crippen molar-refractivity contribution in [3.63, 3.8) is 0 Å². The number of aromatic nitrogens is 2. The fourth-order valence-corrected chi connectivity index (χ4v) is 6.20. The summed E-state index contributed by atoms with van der Waals surface area (Å²) in [5.41, 5.74) is 2.05. The van der Waals surface area contributed by atoms with E-state index in [1.807, 2.05) is 51.7 Å². The number of piperidine rings is 2. The number of carbonyl (C=O) groups excluding carboxylic acids is 2. The van der Waals surface area contributed by atoms with Crippen LogP contribution in [0.2, 0.25) is 5.02 Å². The van der Waals surface area contributed by atoms with E-state index in [-0.39, 0.29) is 11.8 Å². The summed E-state index contributed by atoms with van der Waals surface area (Å²) in [7, 11) is 0. The van der Waals surface area contributed by atoms with E-state index in [0.29, 0.717) is 30.6 Å². The van der Waals surface area contributed by atoms with Crippen LogP contribution in [0.3, 0.4) is 0 Å². The van der Waals surface area contributed by atoms with E-state index in [1.165, 1.54) is 17.8 Å². The van der Waals surface area contributed by atoms with Crippen LogP contribution in [0.25, 0.3) is 10.2 Å². The number of benzene rings is 1. The molecule has 0 aliphatic carbocycles. The number of nitrogens with zero attached hydrogens (tertiary/aromatic N) is 4. The number of likely N-dealkylation sites (tertiary alicyclic amines) is 2. The molecule has 174 valence electrons. The minimum Gasteiger partial charge on any atom is -0.342 e. The van der Waals surface area contributed by atoms with Gasteiger partial charge in [-0.25, -0.2) is 0 Å². The molecule has 33 heavy (non-hydrogen) atoms. The molecule has 0 N–H and O–H groups in total. The Morgan fingerprint density at radius 2 is 1.73 bits per heavy atom. The quantitative estimate of drug-likeness (QED) is 0.525. The van der Waals surface area contributed by atoms with Gasteiger partial charge in [0.15, 0.2) is 0 Å². The van der Waals surface area contributed by atoms with Crippen LogP contribution in [-0.2, 0) is 11.3 Å². The van der Waals surface area contributed by atoms with Crippen molar-refractivity contribution < 1.29 is 9.59 Å². The Kier molecular flexibility index (Phi) is 6.43. The van der Waals surface area contributed by atoms with Crippen molar-refractivity contribution in [1.82, 2.24) is 19.6 Å². The summed E-state index contributed by atoms with van der Waals surface area (Å²) < 4.78 is 1.97. The summed E-state index contributed by atoms with van der Waals surface area (Å²) >= 11 is 7.51. The molecule has 2 fully saturated rings. The van der Waals surface area contributed by atoms with Crippen LogP contribution in [0.15, 0.2) is 30.3 Å². The first-order valence-electron chi connectivity index (χ1n) is 11.8. The maximum Gasteiger partial charge on any atom is 0.264 e. The highest BCUT2D eigenvalue weighted by atomic mass is 35.5. The van der Waals surface area contributed by atoms with Crippen molar-refractivity contribution in [2.24, 2.45) is 5.92 Å². The van der Waals surface area contributed by atoms with Crippen molar-refractivity contribution in [1.29, 1.82) is 0 Å². The monoisotopic (exact) mass is 484 g/mol. The summed E-state index contributed by atoms with van der Waals surface area (Å²) in [6.07, 6.45) is 4.97. The lowest BCUT2D eigenvalue weighted by Gasteiger charge is -2.35. The highest BCUT2D eigenvalue weighted by Gasteiger charge is 2.31. The number of rotatable bonds is 4. The molecular formula is C25H29ClN4O2S. The van der Waals surface area contributed by atoms with E-state index in [2.05, 4.69) is 5.10 Å². The van der Waals surface area contributed by atoms with Gasteiger partial charge in [-0.15, -0.1) is 11.3 Å². The normalized spacial score (nSPS) is 17.6. The summed E-state index contributed by atoms with van der Waals surface area (Å²) in [6, 6.07) is 9.75. The predicted molar refractivity (Wildman–Crippen MR) is 132 cm³/mol. The molecule has 0 bridgehead atoms. The Hall–Kier alpha value is -2.38. The van der Waals surface area contributed by atoms with Crippen LogP contribution in [0.4, 0.5) is 0 Å². The summed E-state index contributed by atoms with van der Waals surface area (Å²) in [4.78, 5) is 31.8. The second-order valence-electron chi connectivity index (χ2n) is 9.15. The van der Waals surface area contributed by atoms with E-state index >= 15 is 0 Å². The van der Waals surface area contributed by atoms with Crippen LogP contribution in [0, 0.1) is 12.8 Å². The number of carbonyl (C=O) groups is 2. The Morgan fingerprint density at radius 3 is 2.42 bits per heavy atom. The van der Waals surface area contributed by atoms with E-state index in [0.717, 1.165) is 65.1 Å². The van der Waals surface area contributed by atoms with Gasteiger partial charge in [0.2, 0.25) is 5.91 Å². The van der Waals surface area contributed by atoms with Crippen LogP contribution in [0.5, 0.6) is 0 Å². The van der Waals surface area contributed by atoms with Crippen molar-refractivity contribution in [2.75, 3.05) is 26.2 Å². The van der Waals surface area contributed by atoms with Crippen LogP contribution < -0.4 is 0 Å². The third-order valence-corrected chi connectivity index (χ3v) is 8.25. The average molecular weight is 485 g/mol. The number of halogens is 1. The molecule has 0 radical (unpaired) electrons. The molecule has 5 rings (SSSR count). The molecule has 2 aliphatic heterocycles. The second kappa shape index (κ2) is 9.47. The first-order valence-corrected chi connectivity index (χ1v) is 13.0. The zero-order chi connectivity index (χ0) is 22.9. The fraction of sp³-hybridized carbons (Fsp3) is 0.480. The largest absolute Gasteiger partial charge is 0.342 e.